The quantitative estimate of drug-likeness (QED) is 0.191. The predicted molar refractivity (Wildman–Crippen MR) is 177 cm³/mol. The van der Waals surface area contributed by atoms with Crippen LogP contribution in [0, 0.1) is 0 Å². The van der Waals surface area contributed by atoms with Gasteiger partial charge in [0.15, 0.2) is 0 Å². The van der Waals surface area contributed by atoms with Gasteiger partial charge in [0.05, 0.1) is 29.0 Å². The van der Waals surface area contributed by atoms with Crippen molar-refractivity contribution in [3.05, 3.63) is 48.3 Å². The maximum absolute atomic E-state index is 11.0. The van der Waals surface area contributed by atoms with Crippen LogP contribution in [0.5, 0.6) is 0 Å². The molecule has 0 N–H and O–H groups in total. The van der Waals surface area contributed by atoms with Gasteiger partial charge in [0, 0.05) is 37.0 Å². The van der Waals surface area contributed by atoms with E-state index in [1.807, 2.05) is 0 Å². The summed E-state index contributed by atoms with van der Waals surface area (Å²) in [6.07, 6.45) is 12.9. The Bertz CT molecular complexity index is 1450. The lowest BCUT2D eigenvalue weighted by molar-refractivity contribution is -0.517. The van der Waals surface area contributed by atoms with E-state index in [9.17, 15) is 25.9 Å². The molecule has 0 aromatic heterocycles. The summed E-state index contributed by atoms with van der Waals surface area (Å²) < 4.78 is 68.8. The lowest BCUT2D eigenvalue weighted by Gasteiger charge is -2.25. The van der Waals surface area contributed by atoms with Crippen LogP contribution in [0.1, 0.15) is 79.1 Å². The molecule has 10 nitrogen and oxygen atoms in total. The summed E-state index contributed by atoms with van der Waals surface area (Å²) in [6, 6.07) is 7.09. The molecule has 45 heavy (non-hydrogen) atoms. The molecule has 0 bridgehead atoms. The van der Waals surface area contributed by atoms with E-state index in [1.54, 1.807) is 0 Å². The van der Waals surface area contributed by atoms with Crippen LogP contribution >= 0.6 is 0 Å². The molecule has 0 spiro atoms. The van der Waals surface area contributed by atoms with Crippen LogP contribution in [0.15, 0.2) is 58.1 Å². The topological polar surface area (TPSA) is 127 Å². The third-order valence-electron chi connectivity index (χ3n) is 8.34. The second-order valence-corrected chi connectivity index (χ2v) is 14.4. The molecule has 1 fully saturated rings. The van der Waals surface area contributed by atoms with Gasteiger partial charge in [-0.25, -0.2) is 16.8 Å². The highest BCUT2D eigenvalue weighted by Crippen LogP contribution is 2.28. The Kier molecular flexibility index (Phi) is 14.1. The van der Waals surface area contributed by atoms with E-state index in [0.29, 0.717) is 0 Å². The number of rotatable bonds is 15. The van der Waals surface area contributed by atoms with Crippen LogP contribution < -0.4 is 0 Å². The standard InChI is InChI=1S/C23H45N4.C10H8O6S2/c1-5-9-13-24-17-18-25(14-10-6-2)22(24)21-23-26(15-11-7-3)19-20-27(23)16-12-8-4;11-17(12,13)9-5-1-3-7-8(9)4-2-6-10(7)18(14,15)16/h21H,5-20H2,1-4H3;1-6H,(H,11,12,13)(H,14,15,16)/q+1;/p-2. The molecule has 0 aliphatic carbocycles. The lowest BCUT2D eigenvalue weighted by Crippen LogP contribution is -2.33. The number of unbranched alkanes of at least 4 members (excludes halogenated alkanes) is 4. The first-order valence-corrected chi connectivity index (χ1v) is 19.3. The average Bonchev–Trinajstić information content (AvgIpc) is 3.58. The first kappa shape index (κ1) is 36.8. The Morgan fingerprint density at radius 3 is 1.53 bits per heavy atom. The van der Waals surface area contributed by atoms with Crippen molar-refractivity contribution in [1.29, 1.82) is 0 Å². The summed E-state index contributed by atoms with van der Waals surface area (Å²) in [5.74, 6) is 2.99. The van der Waals surface area contributed by atoms with Crippen molar-refractivity contribution in [3.63, 3.8) is 0 Å². The van der Waals surface area contributed by atoms with Crippen LogP contribution in [-0.2, 0) is 20.2 Å². The highest BCUT2D eigenvalue weighted by atomic mass is 32.2. The minimum Gasteiger partial charge on any atom is -0.744 e. The maximum atomic E-state index is 11.0. The van der Waals surface area contributed by atoms with Gasteiger partial charge in [-0.1, -0.05) is 77.6 Å². The molecule has 0 atom stereocenters. The minimum atomic E-state index is -4.74. The zero-order chi connectivity index (χ0) is 33.0. The summed E-state index contributed by atoms with van der Waals surface area (Å²) in [6.45, 7) is 18.9. The van der Waals surface area contributed by atoms with Crippen molar-refractivity contribution in [2.24, 2.45) is 0 Å². The van der Waals surface area contributed by atoms with Crippen LogP contribution in [0.2, 0.25) is 0 Å². The highest BCUT2D eigenvalue weighted by Gasteiger charge is 2.32. The van der Waals surface area contributed by atoms with Crippen molar-refractivity contribution >= 4 is 36.8 Å². The third-order valence-corrected chi connectivity index (χ3v) is 10.1. The van der Waals surface area contributed by atoms with Gasteiger partial charge >= 0.3 is 0 Å². The number of fused-ring (bicyclic) bond motifs is 1. The SMILES string of the molecule is CCCCN1CCN(CCCC)C1=CC1=[N+](CCCC)CCN1CCCC.O=S(=O)([O-])c1cccc2c(S(=O)(=O)[O-])cccc12. The van der Waals surface area contributed by atoms with Gasteiger partial charge in [0.1, 0.15) is 39.1 Å². The van der Waals surface area contributed by atoms with Gasteiger partial charge in [0.2, 0.25) is 0 Å². The van der Waals surface area contributed by atoms with E-state index in [4.69, 9.17) is 0 Å². The fourth-order valence-electron chi connectivity index (χ4n) is 5.81. The molecular weight excluding hydrogens is 613 g/mol. The van der Waals surface area contributed by atoms with E-state index in [0.717, 1.165) is 12.1 Å². The van der Waals surface area contributed by atoms with Gasteiger partial charge in [0.25, 0.3) is 5.84 Å². The summed E-state index contributed by atoms with van der Waals surface area (Å²) in [7, 11) is -9.48. The van der Waals surface area contributed by atoms with Gasteiger partial charge in [-0.3, -0.25) is 9.48 Å². The summed E-state index contributed by atoms with van der Waals surface area (Å²) in [5, 5.41) is -0.158. The first-order valence-electron chi connectivity index (χ1n) is 16.5. The lowest BCUT2D eigenvalue weighted by atomic mass is 10.1. The van der Waals surface area contributed by atoms with Crippen LogP contribution in [0.4, 0.5) is 0 Å². The molecule has 0 radical (unpaired) electrons. The molecule has 2 aliphatic rings. The number of nitrogens with zero attached hydrogens (tertiary/aromatic N) is 4. The fourth-order valence-corrected chi connectivity index (χ4v) is 7.20. The molecule has 2 heterocycles. The summed E-state index contributed by atoms with van der Waals surface area (Å²) in [5.41, 5.74) is 0. The highest BCUT2D eigenvalue weighted by molar-refractivity contribution is 7.86. The normalized spacial score (nSPS) is 15.7. The predicted octanol–water partition coefficient (Wildman–Crippen LogP) is 5.02. The Morgan fingerprint density at radius 2 is 1.11 bits per heavy atom. The van der Waals surface area contributed by atoms with Crippen molar-refractivity contribution in [2.75, 3.05) is 52.4 Å². The van der Waals surface area contributed by atoms with Gasteiger partial charge in [-0.2, -0.15) is 0 Å². The van der Waals surface area contributed by atoms with Crippen molar-refractivity contribution < 1.29 is 30.5 Å². The Hall–Kier alpha value is -2.67. The maximum Gasteiger partial charge on any atom is 0.275 e. The summed E-state index contributed by atoms with van der Waals surface area (Å²) >= 11 is 0. The largest absolute Gasteiger partial charge is 0.744 e. The average molecular weight is 664 g/mol. The molecule has 0 saturated carbocycles. The van der Waals surface area contributed by atoms with Gasteiger partial charge in [-0.15, -0.1) is 0 Å². The number of hydrogen-bond acceptors (Lipinski definition) is 9. The van der Waals surface area contributed by atoms with E-state index >= 15 is 0 Å². The second kappa shape index (κ2) is 17.3. The van der Waals surface area contributed by atoms with Crippen LogP contribution in [-0.4, -0.2) is 103 Å². The monoisotopic (exact) mass is 663 g/mol. The zero-order valence-electron chi connectivity index (χ0n) is 27.4. The molecule has 0 amide bonds. The zero-order valence-corrected chi connectivity index (χ0v) is 29.0. The first-order chi connectivity index (χ1) is 21.5. The number of hydrogen-bond donors (Lipinski definition) is 0. The number of amidine groups is 1. The molecule has 4 rings (SSSR count). The molecular formula is C33H51N4O6S2-. The van der Waals surface area contributed by atoms with Crippen molar-refractivity contribution in [1.82, 2.24) is 14.7 Å². The Morgan fingerprint density at radius 1 is 0.667 bits per heavy atom. The Balaban J connectivity index is 0.000000265. The van der Waals surface area contributed by atoms with Crippen LogP contribution in [0.25, 0.3) is 10.8 Å². The van der Waals surface area contributed by atoms with E-state index in [-0.39, 0.29) is 10.8 Å². The van der Waals surface area contributed by atoms with E-state index < -0.39 is 30.0 Å². The van der Waals surface area contributed by atoms with Crippen molar-refractivity contribution in [2.45, 2.75) is 88.9 Å². The molecule has 252 valence electrons. The second-order valence-electron chi connectivity index (χ2n) is 11.7. The molecule has 12 heteroatoms. The van der Waals surface area contributed by atoms with E-state index in [2.05, 4.69) is 53.0 Å². The molecule has 2 aromatic rings. The van der Waals surface area contributed by atoms with E-state index in [1.165, 1.54) is 140 Å². The number of benzene rings is 2. The summed E-state index contributed by atoms with van der Waals surface area (Å²) in [4.78, 5) is 6.86. The smallest absolute Gasteiger partial charge is 0.275 e. The molecule has 0 unspecified atom stereocenters. The van der Waals surface area contributed by atoms with Gasteiger partial charge in [-0.05, 0) is 37.8 Å². The molecule has 2 aliphatic heterocycles. The fraction of sp³-hybridized carbons (Fsp3) is 0.606. The molecule has 1 saturated heterocycles. The third kappa shape index (κ3) is 10.2. The molecule has 2 aromatic carbocycles. The minimum absolute atomic E-state index is 0.0792. The van der Waals surface area contributed by atoms with Crippen LogP contribution in [0.3, 0.4) is 0 Å². The van der Waals surface area contributed by atoms with Crippen molar-refractivity contribution in [3.8, 4) is 0 Å². The van der Waals surface area contributed by atoms with Gasteiger partial charge < -0.3 is 18.9 Å². The Labute approximate surface area is 270 Å².